The Hall–Kier alpha value is -0.120. The molecule has 1 heterocycles. The van der Waals surface area contributed by atoms with Gasteiger partial charge in [0, 0.05) is 32.2 Å². The molecule has 0 radical (unpaired) electrons. The third kappa shape index (κ3) is 5.22. The lowest BCUT2D eigenvalue weighted by molar-refractivity contribution is -0.0479. The van der Waals surface area contributed by atoms with E-state index in [0.29, 0.717) is 17.6 Å². The Labute approximate surface area is 131 Å². The second-order valence-corrected chi connectivity index (χ2v) is 7.85. The van der Waals surface area contributed by atoms with Crippen LogP contribution >= 0.6 is 0 Å². The summed E-state index contributed by atoms with van der Waals surface area (Å²) in [5.41, 5.74) is 0.492. The zero-order valence-corrected chi connectivity index (χ0v) is 14.7. The molecular weight excluding hydrogens is 260 g/mol. The molecule has 1 saturated heterocycles. The van der Waals surface area contributed by atoms with Crippen molar-refractivity contribution in [3.8, 4) is 0 Å². The van der Waals surface area contributed by atoms with Gasteiger partial charge in [-0.15, -0.1) is 0 Å². The lowest BCUT2D eigenvalue weighted by Crippen LogP contribution is -2.51. The van der Waals surface area contributed by atoms with Crippen LogP contribution in [0.15, 0.2) is 0 Å². The van der Waals surface area contributed by atoms with Crippen molar-refractivity contribution in [3.63, 3.8) is 0 Å². The molecular formula is C18H36N2O. The van der Waals surface area contributed by atoms with Crippen molar-refractivity contribution in [2.75, 3.05) is 32.8 Å². The minimum absolute atomic E-state index is 0.455. The van der Waals surface area contributed by atoms with E-state index >= 15 is 0 Å². The molecule has 0 spiro atoms. The molecule has 1 aliphatic heterocycles. The molecule has 1 saturated carbocycles. The van der Waals surface area contributed by atoms with Crippen molar-refractivity contribution in [2.24, 2.45) is 11.3 Å². The van der Waals surface area contributed by atoms with Crippen molar-refractivity contribution >= 4 is 0 Å². The highest BCUT2D eigenvalue weighted by Crippen LogP contribution is 2.39. The Bertz CT molecular complexity index is 298. The van der Waals surface area contributed by atoms with E-state index in [1.165, 1.54) is 38.8 Å². The minimum atomic E-state index is 0.455. The van der Waals surface area contributed by atoms with E-state index in [0.717, 1.165) is 32.0 Å². The molecule has 1 unspecified atom stereocenters. The molecule has 0 bridgehead atoms. The third-order valence-electron chi connectivity index (χ3n) is 5.46. The van der Waals surface area contributed by atoms with E-state index in [1.54, 1.807) is 0 Å². The molecule has 1 aliphatic carbocycles. The normalized spacial score (nSPS) is 35.3. The van der Waals surface area contributed by atoms with Gasteiger partial charge in [0.1, 0.15) is 0 Å². The number of hydrogen-bond acceptors (Lipinski definition) is 3. The fourth-order valence-corrected chi connectivity index (χ4v) is 3.83. The molecule has 0 aromatic rings. The zero-order valence-electron chi connectivity index (χ0n) is 14.7. The number of ether oxygens (including phenoxy) is 1. The van der Waals surface area contributed by atoms with Gasteiger partial charge in [-0.2, -0.15) is 0 Å². The molecule has 3 heteroatoms. The lowest BCUT2D eigenvalue weighted by Gasteiger charge is -2.45. The van der Waals surface area contributed by atoms with Crippen LogP contribution in [0.2, 0.25) is 0 Å². The van der Waals surface area contributed by atoms with E-state index in [9.17, 15) is 0 Å². The summed E-state index contributed by atoms with van der Waals surface area (Å²) in [6.07, 6.45) is 7.19. The summed E-state index contributed by atoms with van der Waals surface area (Å²) in [4.78, 5) is 2.68. The maximum Gasteiger partial charge on any atom is 0.0700 e. The number of hydrogen-bond donors (Lipinski definition) is 1. The highest BCUT2D eigenvalue weighted by atomic mass is 16.5. The van der Waals surface area contributed by atoms with Crippen molar-refractivity contribution in [1.82, 2.24) is 10.2 Å². The molecule has 0 aromatic carbocycles. The number of rotatable bonds is 6. The van der Waals surface area contributed by atoms with Crippen LogP contribution in [0.5, 0.6) is 0 Å². The van der Waals surface area contributed by atoms with Gasteiger partial charge in [0.15, 0.2) is 0 Å². The summed E-state index contributed by atoms with van der Waals surface area (Å²) in [5.74, 6) is 0.922. The van der Waals surface area contributed by atoms with Crippen molar-refractivity contribution in [1.29, 1.82) is 0 Å². The van der Waals surface area contributed by atoms with Gasteiger partial charge < -0.3 is 10.1 Å². The predicted octanol–water partition coefficient (Wildman–Crippen LogP) is 3.29. The first kappa shape index (κ1) is 17.2. The highest BCUT2D eigenvalue weighted by molar-refractivity contribution is 4.90. The van der Waals surface area contributed by atoms with E-state index in [1.807, 2.05) is 0 Å². The fraction of sp³-hybridized carbons (Fsp3) is 1.00. The van der Waals surface area contributed by atoms with Gasteiger partial charge in [-0.3, -0.25) is 4.90 Å². The Morgan fingerprint density at radius 1 is 1.29 bits per heavy atom. The maximum atomic E-state index is 5.84. The summed E-state index contributed by atoms with van der Waals surface area (Å²) < 4.78 is 5.84. The van der Waals surface area contributed by atoms with Crippen molar-refractivity contribution in [2.45, 2.75) is 71.9 Å². The van der Waals surface area contributed by atoms with Crippen LogP contribution in [-0.4, -0.2) is 49.8 Å². The quantitative estimate of drug-likeness (QED) is 0.814. The minimum Gasteiger partial charge on any atom is -0.376 e. The molecule has 0 amide bonds. The second kappa shape index (κ2) is 7.94. The molecule has 2 rings (SSSR count). The monoisotopic (exact) mass is 296 g/mol. The van der Waals surface area contributed by atoms with Gasteiger partial charge in [-0.1, -0.05) is 40.5 Å². The molecule has 2 fully saturated rings. The average molecular weight is 296 g/mol. The zero-order chi connectivity index (χ0) is 15.3. The second-order valence-electron chi connectivity index (χ2n) is 7.85. The van der Waals surface area contributed by atoms with Crippen LogP contribution < -0.4 is 5.32 Å². The van der Waals surface area contributed by atoms with Gasteiger partial charge >= 0.3 is 0 Å². The smallest absolute Gasteiger partial charge is 0.0700 e. The summed E-state index contributed by atoms with van der Waals surface area (Å²) in [6.45, 7) is 14.8. The molecule has 2 aliphatic rings. The van der Waals surface area contributed by atoms with Gasteiger partial charge in [0.05, 0.1) is 12.7 Å². The maximum absolute atomic E-state index is 5.84. The van der Waals surface area contributed by atoms with E-state index in [2.05, 4.69) is 37.9 Å². The Morgan fingerprint density at radius 2 is 2.00 bits per heavy atom. The molecule has 3 nitrogen and oxygen atoms in total. The molecule has 1 N–H and O–H groups in total. The first-order chi connectivity index (χ1) is 10.0. The predicted molar refractivity (Wildman–Crippen MR) is 89.7 cm³/mol. The Morgan fingerprint density at radius 3 is 2.62 bits per heavy atom. The van der Waals surface area contributed by atoms with Crippen LogP contribution in [0, 0.1) is 11.3 Å². The fourth-order valence-electron chi connectivity index (χ4n) is 3.83. The first-order valence-corrected chi connectivity index (χ1v) is 9.10. The van der Waals surface area contributed by atoms with Crippen LogP contribution in [0.25, 0.3) is 0 Å². The van der Waals surface area contributed by atoms with Gasteiger partial charge in [0.25, 0.3) is 0 Å². The van der Waals surface area contributed by atoms with Crippen LogP contribution in [0.4, 0.5) is 0 Å². The van der Waals surface area contributed by atoms with E-state index < -0.39 is 0 Å². The summed E-state index contributed by atoms with van der Waals surface area (Å²) >= 11 is 0. The van der Waals surface area contributed by atoms with Gasteiger partial charge in [-0.25, -0.2) is 0 Å². The van der Waals surface area contributed by atoms with E-state index in [-0.39, 0.29) is 0 Å². The van der Waals surface area contributed by atoms with Crippen molar-refractivity contribution in [3.05, 3.63) is 0 Å². The first-order valence-electron chi connectivity index (χ1n) is 9.10. The average Bonchev–Trinajstić information content (AvgIpc) is 2.48. The Kier molecular flexibility index (Phi) is 6.51. The number of morpholine rings is 1. The van der Waals surface area contributed by atoms with Crippen LogP contribution in [0.3, 0.4) is 0 Å². The molecule has 124 valence electrons. The molecule has 0 aromatic heterocycles. The van der Waals surface area contributed by atoms with Crippen LogP contribution in [0.1, 0.15) is 59.8 Å². The van der Waals surface area contributed by atoms with Crippen molar-refractivity contribution < 1.29 is 4.74 Å². The topological polar surface area (TPSA) is 24.5 Å². The lowest BCUT2D eigenvalue weighted by atomic mass is 9.70. The summed E-state index contributed by atoms with van der Waals surface area (Å²) in [7, 11) is 0. The molecule has 21 heavy (non-hydrogen) atoms. The van der Waals surface area contributed by atoms with Crippen LogP contribution in [-0.2, 0) is 4.74 Å². The van der Waals surface area contributed by atoms with Gasteiger partial charge in [0.2, 0.25) is 0 Å². The third-order valence-corrected chi connectivity index (χ3v) is 5.46. The number of nitrogens with zero attached hydrogens (tertiary/aromatic N) is 1. The Balaban J connectivity index is 1.94. The standard InChI is InChI=1S/C18H36N2O/c1-5-17-12-20(10-11-21-17)14-18(13-19-15(2)3)8-6-16(4)7-9-18/h15-17,19H,5-14H2,1-4H3. The largest absolute Gasteiger partial charge is 0.376 e. The summed E-state index contributed by atoms with van der Waals surface area (Å²) in [6, 6.07) is 0.592. The van der Waals surface area contributed by atoms with Gasteiger partial charge in [-0.05, 0) is 30.6 Å². The summed E-state index contributed by atoms with van der Waals surface area (Å²) in [5, 5.41) is 3.73. The SMILES string of the molecule is CCC1CN(CC2(CNC(C)C)CCC(C)CC2)CCO1. The van der Waals surface area contributed by atoms with E-state index in [4.69, 9.17) is 4.74 Å². The highest BCUT2D eigenvalue weighted by Gasteiger charge is 2.36. The number of nitrogens with one attached hydrogen (secondary N) is 1. The molecule has 1 atom stereocenters.